The number of nitrogens with one attached hydrogen (secondary N) is 2. The summed E-state index contributed by atoms with van der Waals surface area (Å²) in [5, 5.41) is 6.09. The highest BCUT2D eigenvalue weighted by atomic mass is 16.1. The molecule has 0 aliphatic carbocycles. The maximum absolute atomic E-state index is 12.0. The van der Waals surface area contributed by atoms with Crippen LogP contribution < -0.4 is 10.6 Å². The quantitative estimate of drug-likeness (QED) is 0.821. The second-order valence-electron chi connectivity index (χ2n) is 5.24. The summed E-state index contributed by atoms with van der Waals surface area (Å²) in [6.45, 7) is 4.70. The summed E-state index contributed by atoms with van der Waals surface area (Å²) in [5.41, 5.74) is 1.80. The van der Waals surface area contributed by atoms with Crippen LogP contribution in [0.15, 0.2) is 36.9 Å². The number of aromatic nitrogens is 3. The molecule has 6 heteroatoms. The van der Waals surface area contributed by atoms with Crippen LogP contribution in [0.5, 0.6) is 0 Å². The Hall–Kier alpha value is -2.50. The molecule has 1 unspecified atom stereocenters. The van der Waals surface area contributed by atoms with Crippen LogP contribution in [0.3, 0.4) is 0 Å². The molecule has 0 saturated carbocycles. The third-order valence-corrected chi connectivity index (χ3v) is 3.45. The van der Waals surface area contributed by atoms with E-state index in [4.69, 9.17) is 0 Å². The second kappa shape index (κ2) is 8.07. The monoisotopic (exact) mass is 299 g/mol. The van der Waals surface area contributed by atoms with Crippen LogP contribution in [0, 0.1) is 5.92 Å². The number of rotatable bonds is 7. The molecule has 0 spiro atoms. The number of anilines is 2. The first-order chi connectivity index (χ1) is 10.7. The highest BCUT2D eigenvalue weighted by Gasteiger charge is 2.10. The van der Waals surface area contributed by atoms with Crippen molar-refractivity contribution in [2.75, 3.05) is 10.6 Å². The van der Waals surface area contributed by atoms with Gasteiger partial charge >= 0.3 is 0 Å². The number of carbonyl (C=O) groups is 1. The van der Waals surface area contributed by atoms with Crippen LogP contribution in [0.2, 0.25) is 0 Å². The van der Waals surface area contributed by atoms with E-state index in [1.807, 2.05) is 24.3 Å². The third kappa shape index (κ3) is 4.80. The molecule has 0 saturated heterocycles. The molecule has 0 bridgehead atoms. The number of para-hydroxylation sites is 1. The van der Waals surface area contributed by atoms with Crippen molar-refractivity contribution in [1.29, 1.82) is 0 Å². The molecule has 1 atom stereocenters. The van der Waals surface area contributed by atoms with Crippen molar-refractivity contribution in [2.45, 2.75) is 33.2 Å². The van der Waals surface area contributed by atoms with Crippen LogP contribution in [-0.4, -0.2) is 20.9 Å². The lowest BCUT2D eigenvalue weighted by Crippen LogP contribution is -2.16. The van der Waals surface area contributed by atoms with Crippen molar-refractivity contribution in [1.82, 2.24) is 15.0 Å². The minimum Gasteiger partial charge on any atom is -0.350 e. The average molecular weight is 299 g/mol. The molecule has 1 amide bonds. The molecule has 116 valence electrons. The SMILES string of the molecule is CCC(C)CC(=O)Nc1ccccc1CNc1ncncn1. The zero-order chi connectivity index (χ0) is 15.8. The summed E-state index contributed by atoms with van der Waals surface area (Å²) in [5.74, 6) is 0.938. The molecule has 0 radical (unpaired) electrons. The highest BCUT2D eigenvalue weighted by Crippen LogP contribution is 2.17. The minimum absolute atomic E-state index is 0.0435. The first kappa shape index (κ1) is 15.9. The first-order valence-electron chi connectivity index (χ1n) is 7.42. The lowest BCUT2D eigenvalue weighted by molar-refractivity contribution is -0.117. The Morgan fingerprint density at radius 1 is 1.23 bits per heavy atom. The fourth-order valence-corrected chi connectivity index (χ4v) is 1.96. The van der Waals surface area contributed by atoms with Gasteiger partial charge in [0.2, 0.25) is 11.9 Å². The largest absolute Gasteiger partial charge is 0.350 e. The molecular formula is C16H21N5O. The molecule has 2 N–H and O–H groups in total. The molecule has 2 rings (SSSR count). The van der Waals surface area contributed by atoms with Gasteiger partial charge < -0.3 is 10.6 Å². The zero-order valence-corrected chi connectivity index (χ0v) is 12.9. The van der Waals surface area contributed by atoms with Gasteiger partial charge in [-0.25, -0.2) is 15.0 Å². The molecule has 1 aromatic carbocycles. The number of nitrogens with zero attached hydrogens (tertiary/aromatic N) is 3. The summed E-state index contributed by atoms with van der Waals surface area (Å²) in [7, 11) is 0. The number of benzene rings is 1. The van der Waals surface area contributed by atoms with Crippen molar-refractivity contribution >= 4 is 17.5 Å². The van der Waals surface area contributed by atoms with Gasteiger partial charge in [-0.2, -0.15) is 0 Å². The van der Waals surface area contributed by atoms with E-state index in [0.29, 0.717) is 24.8 Å². The number of hydrogen-bond donors (Lipinski definition) is 2. The van der Waals surface area contributed by atoms with Crippen LogP contribution in [0.4, 0.5) is 11.6 Å². The third-order valence-electron chi connectivity index (χ3n) is 3.45. The predicted octanol–water partition coefficient (Wildman–Crippen LogP) is 2.86. The van der Waals surface area contributed by atoms with Crippen LogP contribution in [0.1, 0.15) is 32.3 Å². The van der Waals surface area contributed by atoms with Crippen molar-refractivity contribution in [3.05, 3.63) is 42.5 Å². The Bertz CT molecular complexity index is 602. The van der Waals surface area contributed by atoms with Gasteiger partial charge in [-0.1, -0.05) is 38.5 Å². The molecule has 1 aromatic heterocycles. The Morgan fingerprint density at radius 3 is 2.68 bits per heavy atom. The number of carbonyl (C=O) groups excluding carboxylic acids is 1. The van der Waals surface area contributed by atoms with Crippen LogP contribution in [-0.2, 0) is 11.3 Å². The van der Waals surface area contributed by atoms with Gasteiger partial charge in [0, 0.05) is 18.7 Å². The van der Waals surface area contributed by atoms with E-state index in [9.17, 15) is 4.79 Å². The Kier molecular flexibility index (Phi) is 5.82. The molecule has 0 aliphatic heterocycles. The van der Waals surface area contributed by atoms with E-state index in [-0.39, 0.29) is 5.91 Å². The van der Waals surface area contributed by atoms with Crippen LogP contribution >= 0.6 is 0 Å². The normalized spacial score (nSPS) is 11.7. The van der Waals surface area contributed by atoms with E-state index < -0.39 is 0 Å². The summed E-state index contributed by atoms with van der Waals surface area (Å²) < 4.78 is 0. The van der Waals surface area contributed by atoms with Gasteiger partial charge in [-0.05, 0) is 17.5 Å². The first-order valence-corrected chi connectivity index (χ1v) is 7.42. The summed E-state index contributed by atoms with van der Waals surface area (Å²) in [6.07, 6.45) is 4.41. The van der Waals surface area contributed by atoms with E-state index in [2.05, 4.69) is 39.4 Å². The van der Waals surface area contributed by atoms with Gasteiger partial charge in [-0.3, -0.25) is 4.79 Å². The van der Waals surface area contributed by atoms with E-state index in [0.717, 1.165) is 17.7 Å². The molecular weight excluding hydrogens is 278 g/mol. The lowest BCUT2D eigenvalue weighted by atomic mass is 10.0. The van der Waals surface area contributed by atoms with Crippen molar-refractivity contribution < 1.29 is 4.79 Å². The van der Waals surface area contributed by atoms with Gasteiger partial charge in [0.05, 0.1) is 0 Å². The van der Waals surface area contributed by atoms with Gasteiger partial charge in [-0.15, -0.1) is 0 Å². The van der Waals surface area contributed by atoms with Crippen molar-refractivity contribution in [2.24, 2.45) is 5.92 Å². The maximum atomic E-state index is 12.0. The van der Waals surface area contributed by atoms with E-state index in [1.54, 1.807) is 0 Å². The van der Waals surface area contributed by atoms with Crippen LogP contribution in [0.25, 0.3) is 0 Å². The van der Waals surface area contributed by atoms with Gasteiger partial charge in [0.15, 0.2) is 0 Å². The smallest absolute Gasteiger partial charge is 0.225 e. The molecule has 6 nitrogen and oxygen atoms in total. The standard InChI is InChI=1S/C16H21N5O/c1-3-12(2)8-15(22)21-14-7-5-4-6-13(14)9-18-16-19-10-17-11-20-16/h4-7,10-12H,3,8-9H2,1-2H3,(H,21,22)(H,17,18,19,20). The Labute approximate surface area is 130 Å². The fourth-order valence-electron chi connectivity index (χ4n) is 1.96. The Morgan fingerprint density at radius 2 is 1.95 bits per heavy atom. The second-order valence-corrected chi connectivity index (χ2v) is 5.24. The molecule has 0 fully saturated rings. The molecule has 1 heterocycles. The highest BCUT2D eigenvalue weighted by molar-refractivity contribution is 5.91. The summed E-state index contributed by atoms with van der Waals surface area (Å²) in [4.78, 5) is 23.8. The summed E-state index contributed by atoms with van der Waals surface area (Å²) in [6, 6.07) is 7.71. The fraction of sp³-hybridized carbons (Fsp3) is 0.375. The van der Waals surface area contributed by atoms with Gasteiger partial charge in [0.25, 0.3) is 0 Å². The van der Waals surface area contributed by atoms with Crippen molar-refractivity contribution in [3.63, 3.8) is 0 Å². The molecule has 22 heavy (non-hydrogen) atoms. The topological polar surface area (TPSA) is 79.8 Å². The molecule has 0 aliphatic rings. The predicted molar refractivity (Wildman–Crippen MR) is 86.3 cm³/mol. The minimum atomic E-state index is 0.0435. The van der Waals surface area contributed by atoms with E-state index in [1.165, 1.54) is 12.7 Å². The van der Waals surface area contributed by atoms with Crippen molar-refractivity contribution in [3.8, 4) is 0 Å². The average Bonchev–Trinajstić information content (AvgIpc) is 2.54. The Balaban J connectivity index is 1.99. The summed E-state index contributed by atoms with van der Waals surface area (Å²) >= 11 is 0. The zero-order valence-electron chi connectivity index (χ0n) is 12.9. The number of hydrogen-bond acceptors (Lipinski definition) is 5. The lowest BCUT2D eigenvalue weighted by Gasteiger charge is -2.13. The van der Waals surface area contributed by atoms with Gasteiger partial charge in [0.1, 0.15) is 12.7 Å². The van der Waals surface area contributed by atoms with E-state index >= 15 is 0 Å². The molecule has 2 aromatic rings. The number of amides is 1. The maximum Gasteiger partial charge on any atom is 0.225 e.